The van der Waals surface area contributed by atoms with Gasteiger partial charge in [0.1, 0.15) is 11.6 Å². The first-order valence-corrected chi connectivity index (χ1v) is 6.45. The molecule has 0 bridgehead atoms. The van der Waals surface area contributed by atoms with Gasteiger partial charge < -0.3 is 10.6 Å². The lowest BCUT2D eigenvalue weighted by Gasteiger charge is -2.25. The molecule has 0 amide bonds. The van der Waals surface area contributed by atoms with Gasteiger partial charge in [0.2, 0.25) is 0 Å². The number of nitrogens with zero attached hydrogens (tertiary/aromatic N) is 1. The van der Waals surface area contributed by atoms with E-state index in [1.54, 1.807) is 50.1 Å². The normalized spacial score (nSPS) is 12.3. The minimum absolute atomic E-state index is 0.303. The van der Waals surface area contributed by atoms with Crippen molar-refractivity contribution in [1.29, 1.82) is 0 Å². The molecule has 0 aromatic heterocycles. The number of halogens is 2. The zero-order valence-corrected chi connectivity index (χ0v) is 11.8. The van der Waals surface area contributed by atoms with Gasteiger partial charge in [0.25, 0.3) is 0 Å². The Hall–Kier alpha value is -1.94. The summed E-state index contributed by atoms with van der Waals surface area (Å²) < 4.78 is 27.6. The molecular weight excluding hydrogens is 258 g/mol. The van der Waals surface area contributed by atoms with Gasteiger partial charge in [-0.05, 0) is 49.2 Å². The summed E-state index contributed by atoms with van der Waals surface area (Å²) >= 11 is 0. The number of nitrogens with two attached hydrogens (primary N) is 1. The van der Waals surface area contributed by atoms with Crippen molar-refractivity contribution < 1.29 is 8.78 Å². The lowest BCUT2D eigenvalue weighted by molar-refractivity contribution is 0.612. The van der Waals surface area contributed by atoms with Crippen LogP contribution >= 0.6 is 0 Å². The highest BCUT2D eigenvalue weighted by atomic mass is 19.1. The number of anilines is 2. The molecule has 2 aromatic carbocycles. The molecule has 0 aliphatic heterocycles. The number of para-hydroxylation sites is 1. The average molecular weight is 276 g/mol. The van der Waals surface area contributed by atoms with Gasteiger partial charge in [-0.1, -0.05) is 12.1 Å². The Kier molecular flexibility index (Phi) is 4.04. The van der Waals surface area contributed by atoms with Crippen LogP contribution in [0.4, 0.5) is 20.2 Å². The third-order valence-electron chi connectivity index (χ3n) is 3.37. The van der Waals surface area contributed by atoms with Crippen LogP contribution in [0.2, 0.25) is 0 Å². The van der Waals surface area contributed by atoms with Crippen LogP contribution in [0.25, 0.3) is 0 Å². The van der Waals surface area contributed by atoms with Crippen LogP contribution in [0.1, 0.15) is 24.1 Å². The summed E-state index contributed by atoms with van der Waals surface area (Å²) in [5.74, 6) is -0.629. The number of aryl methyl sites for hydroxylation is 1. The van der Waals surface area contributed by atoms with Crippen molar-refractivity contribution in [3.05, 3.63) is 59.2 Å². The summed E-state index contributed by atoms with van der Waals surface area (Å²) in [6, 6.07) is 9.25. The van der Waals surface area contributed by atoms with Crippen LogP contribution in [0.5, 0.6) is 0 Å². The second kappa shape index (κ2) is 5.59. The van der Waals surface area contributed by atoms with E-state index in [0.717, 1.165) is 0 Å². The quantitative estimate of drug-likeness (QED) is 0.916. The van der Waals surface area contributed by atoms with E-state index in [1.807, 2.05) is 0 Å². The van der Waals surface area contributed by atoms with E-state index >= 15 is 0 Å². The highest BCUT2D eigenvalue weighted by Gasteiger charge is 2.17. The fraction of sp³-hybridized carbons (Fsp3) is 0.250. The predicted molar refractivity (Wildman–Crippen MR) is 78.2 cm³/mol. The molecule has 0 fully saturated rings. The van der Waals surface area contributed by atoms with E-state index in [4.69, 9.17) is 5.73 Å². The topological polar surface area (TPSA) is 29.3 Å². The molecule has 0 saturated carbocycles. The molecule has 1 atom stereocenters. The summed E-state index contributed by atoms with van der Waals surface area (Å²) in [5.41, 5.74) is 8.20. The molecule has 1 unspecified atom stereocenters. The van der Waals surface area contributed by atoms with Crippen LogP contribution in [0.15, 0.2) is 36.4 Å². The van der Waals surface area contributed by atoms with E-state index in [0.29, 0.717) is 22.5 Å². The highest BCUT2D eigenvalue weighted by Crippen LogP contribution is 2.33. The van der Waals surface area contributed by atoms with Crippen LogP contribution in [-0.2, 0) is 0 Å². The third kappa shape index (κ3) is 2.65. The molecule has 4 heteroatoms. The first kappa shape index (κ1) is 14.5. The molecule has 0 saturated heterocycles. The summed E-state index contributed by atoms with van der Waals surface area (Å²) in [7, 11) is 1.75. The molecule has 20 heavy (non-hydrogen) atoms. The summed E-state index contributed by atoms with van der Waals surface area (Å²) in [5, 5.41) is 0. The van der Waals surface area contributed by atoms with Crippen LogP contribution in [0, 0.1) is 18.6 Å². The molecule has 2 rings (SSSR count). The standard InChI is InChI=1S/C16H18F2N2/c1-10-8-16(12(11(2)19)9-14(10)18)20(3)15-7-5-4-6-13(15)17/h4-9,11H,19H2,1-3H3. The Labute approximate surface area is 117 Å². The van der Waals surface area contributed by atoms with Gasteiger partial charge in [-0.2, -0.15) is 0 Å². The maximum Gasteiger partial charge on any atom is 0.146 e. The number of rotatable bonds is 3. The van der Waals surface area contributed by atoms with Gasteiger partial charge in [0.05, 0.1) is 5.69 Å². The van der Waals surface area contributed by atoms with E-state index in [2.05, 4.69) is 0 Å². The number of benzene rings is 2. The van der Waals surface area contributed by atoms with Gasteiger partial charge in [-0.25, -0.2) is 8.78 Å². The molecule has 0 aliphatic carbocycles. The minimum Gasteiger partial charge on any atom is -0.342 e. The maximum absolute atomic E-state index is 13.9. The molecule has 0 radical (unpaired) electrons. The molecule has 2 nitrogen and oxygen atoms in total. The Morgan fingerprint density at radius 2 is 1.70 bits per heavy atom. The molecule has 106 valence electrons. The van der Waals surface area contributed by atoms with Crippen LogP contribution in [0.3, 0.4) is 0 Å². The second-order valence-electron chi connectivity index (χ2n) is 4.96. The molecule has 0 spiro atoms. The summed E-state index contributed by atoms with van der Waals surface area (Å²) in [6.07, 6.45) is 0. The molecular formula is C16H18F2N2. The number of hydrogen-bond acceptors (Lipinski definition) is 2. The maximum atomic E-state index is 13.9. The van der Waals surface area contributed by atoms with Gasteiger partial charge in [0, 0.05) is 18.8 Å². The largest absolute Gasteiger partial charge is 0.342 e. The predicted octanol–water partition coefficient (Wildman–Crippen LogP) is 4.06. The van der Waals surface area contributed by atoms with Crippen molar-refractivity contribution in [1.82, 2.24) is 0 Å². The molecule has 2 N–H and O–H groups in total. The Morgan fingerprint density at radius 1 is 1.05 bits per heavy atom. The molecule has 2 aromatic rings. The molecule has 0 heterocycles. The fourth-order valence-corrected chi connectivity index (χ4v) is 2.19. The van der Waals surface area contributed by atoms with Crippen LogP contribution < -0.4 is 10.6 Å². The van der Waals surface area contributed by atoms with Crippen molar-refractivity contribution >= 4 is 11.4 Å². The second-order valence-corrected chi connectivity index (χ2v) is 4.96. The van der Waals surface area contributed by atoms with Crippen molar-refractivity contribution in [3.63, 3.8) is 0 Å². The minimum atomic E-state index is -0.339. The monoisotopic (exact) mass is 276 g/mol. The Bertz CT molecular complexity index is 624. The van der Waals surface area contributed by atoms with E-state index in [9.17, 15) is 8.78 Å². The van der Waals surface area contributed by atoms with Crippen molar-refractivity contribution in [2.24, 2.45) is 5.73 Å². The van der Waals surface area contributed by atoms with Gasteiger partial charge >= 0.3 is 0 Å². The first-order valence-electron chi connectivity index (χ1n) is 6.45. The van der Waals surface area contributed by atoms with Gasteiger partial charge in [0.15, 0.2) is 0 Å². The Balaban J connectivity index is 2.57. The van der Waals surface area contributed by atoms with Crippen molar-refractivity contribution in [3.8, 4) is 0 Å². The lowest BCUT2D eigenvalue weighted by Crippen LogP contribution is -2.17. The smallest absolute Gasteiger partial charge is 0.146 e. The van der Waals surface area contributed by atoms with Crippen molar-refractivity contribution in [2.75, 3.05) is 11.9 Å². The lowest BCUT2D eigenvalue weighted by atomic mass is 10.0. The summed E-state index contributed by atoms with van der Waals surface area (Å²) in [4.78, 5) is 1.69. The van der Waals surface area contributed by atoms with E-state index in [-0.39, 0.29) is 17.7 Å². The van der Waals surface area contributed by atoms with Gasteiger partial charge in [-0.3, -0.25) is 0 Å². The van der Waals surface area contributed by atoms with Crippen LogP contribution in [-0.4, -0.2) is 7.05 Å². The third-order valence-corrected chi connectivity index (χ3v) is 3.37. The molecule has 0 aliphatic rings. The van der Waals surface area contributed by atoms with E-state index in [1.165, 1.54) is 12.1 Å². The first-order chi connectivity index (χ1) is 9.41. The van der Waals surface area contributed by atoms with Gasteiger partial charge in [-0.15, -0.1) is 0 Å². The SMILES string of the molecule is Cc1cc(N(C)c2ccccc2F)c(C(C)N)cc1F. The van der Waals surface area contributed by atoms with E-state index < -0.39 is 0 Å². The average Bonchev–Trinajstić information content (AvgIpc) is 2.41. The Morgan fingerprint density at radius 3 is 2.30 bits per heavy atom. The fourth-order valence-electron chi connectivity index (χ4n) is 2.19. The number of hydrogen-bond donors (Lipinski definition) is 1. The zero-order chi connectivity index (χ0) is 14.9. The summed E-state index contributed by atoms with van der Waals surface area (Å²) in [6.45, 7) is 3.46. The highest BCUT2D eigenvalue weighted by molar-refractivity contribution is 5.67. The van der Waals surface area contributed by atoms with Crippen molar-refractivity contribution in [2.45, 2.75) is 19.9 Å². The zero-order valence-electron chi connectivity index (χ0n) is 11.8.